The zero-order chi connectivity index (χ0) is 25.5. The summed E-state index contributed by atoms with van der Waals surface area (Å²) in [5.74, 6) is 0.560. The van der Waals surface area contributed by atoms with E-state index >= 15 is 0 Å². The molecule has 0 bridgehead atoms. The van der Waals surface area contributed by atoms with E-state index in [2.05, 4.69) is 21.4 Å². The molecule has 4 heterocycles. The van der Waals surface area contributed by atoms with Crippen LogP contribution < -0.4 is 4.74 Å². The Bertz CT molecular complexity index is 1530. The highest BCUT2D eigenvalue weighted by Crippen LogP contribution is 2.42. The zero-order valence-electron chi connectivity index (χ0n) is 20.8. The summed E-state index contributed by atoms with van der Waals surface area (Å²) in [4.78, 5) is 19.0. The number of nitrogens with zero attached hydrogens (tertiary/aromatic N) is 6. The highest BCUT2D eigenvalue weighted by Gasteiger charge is 2.29. The standard InChI is InChI=1S/C27H27N7O3/c1-36-15-24(35)33-9-8-18(14-33)34-13-17(12-29-34)25-27-22(31-32-25)10-23(37-2)26(30-27)21-5-3-4-19-16(11-28)6-7-20(19)21/h3-5,10,12-13,16,18H,6-9,14-15H2,1-2H3,(H,31,32). The molecular weight excluding hydrogens is 470 g/mol. The fourth-order valence-corrected chi connectivity index (χ4v) is 5.55. The molecule has 10 nitrogen and oxygen atoms in total. The summed E-state index contributed by atoms with van der Waals surface area (Å²) in [5.41, 5.74) is 7.01. The van der Waals surface area contributed by atoms with E-state index in [1.165, 1.54) is 7.11 Å². The van der Waals surface area contributed by atoms with Gasteiger partial charge in [0.2, 0.25) is 5.91 Å². The predicted octanol–water partition coefficient (Wildman–Crippen LogP) is 3.47. The number of amides is 1. The van der Waals surface area contributed by atoms with Crippen molar-refractivity contribution < 1.29 is 14.3 Å². The molecule has 2 unspecified atom stereocenters. The number of rotatable bonds is 6. The van der Waals surface area contributed by atoms with E-state index in [4.69, 9.17) is 14.5 Å². The third-order valence-corrected chi connectivity index (χ3v) is 7.43. The molecular formula is C27H27N7O3. The number of nitriles is 1. The fraction of sp³-hybridized carbons (Fsp3) is 0.370. The van der Waals surface area contributed by atoms with E-state index in [1.54, 1.807) is 13.3 Å². The van der Waals surface area contributed by atoms with Crippen molar-refractivity contribution in [3.8, 4) is 34.3 Å². The lowest BCUT2D eigenvalue weighted by Crippen LogP contribution is -2.32. The van der Waals surface area contributed by atoms with Gasteiger partial charge < -0.3 is 14.4 Å². The van der Waals surface area contributed by atoms with Crippen molar-refractivity contribution >= 4 is 16.9 Å². The molecule has 2 atom stereocenters. The van der Waals surface area contributed by atoms with E-state index in [-0.39, 0.29) is 24.5 Å². The number of hydrogen-bond donors (Lipinski definition) is 1. The number of pyridine rings is 1. The summed E-state index contributed by atoms with van der Waals surface area (Å²) >= 11 is 0. The number of benzene rings is 1. The van der Waals surface area contributed by atoms with Crippen LogP contribution in [0.15, 0.2) is 36.7 Å². The molecule has 188 valence electrons. The Labute approximate surface area is 213 Å². The van der Waals surface area contributed by atoms with E-state index in [9.17, 15) is 10.1 Å². The molecule has 6 rings (SSSR count). The molecule has 1 aliphatic carbocycles. The molecule has 1 N–H and O–H groups in total. The molecule has 0 saturated carbocycles. The second kappa shape index (κ2) is 9.33. The first kappa shape index (κ1) is 23.2. The summed E-state index contributed by atoms with van der Waals surface area (Å²) in [6.07, 6.45) is 6.24. The molecule has 0 spiro atoms. The zero-order valence-corrected chi connectivity index (χ0v) is 20.8. The largest absolute Gasteiger partial charge is 0.494 e. The van der Waals surface area contributed by atoms with Gasteiger partial charge in [0.15, 0.2) is 0 Å². The molecule has 2 aliphatic rings. The van der Waals surface area contributed by atoms with Gasteiger partial charge in [-0.15, -0.1) is 0 Å². The summed E-state index contributed by atoms with van der Waals surface area (Å²) in [6.45, 7) is 1.38. The quantitative estimate of drug-likeness (QED) is 0.433. The van der Waals surface area contributed by atoms with Crippen LogP contribution in [0.3, 0.4) is 0 Å². The van der Waals surface area contributed by atoms with Crippen LogP contribution in [0.4, 0.5) is 0 Å². The predicted molar refractivity (Wildman–Crippen MR) is 136 cm³/mol. The molecule has 1 aromatic carbocycles. The average Bonchev–Trinajstić information content (AvgIpc) is 3.72. The molecule has 4 aromatic rings. The molecule has 3 aromatic heterocycles. The van der Waals surface area contributed by atoms with Crippen LogP contribution in [0, 0.1) is 11.3 Å². The Hall–Kier alpha value is -4.23. The van der Waals surface area contributed by atoms with Gasteiger partial charge in [-0.25, -0.2) is 4.98 Å². The first-order valence-electron chi connectivity index (χ1n) is 12.4. The number of aromatic nitrogens is 5. The summed E-state index contributed by atoms with van der Waals surface area (Å²) in [5, 5.41) is 21.8. The van der Waals surface area contributed by atoms with Crippen molar-refractivity contribution in [3.05, 3.63) is 47.8 Å². The Morgan fingerprint density at radius 1 is 1.27 bits per heavy atom. The van der Waals surface area contributed by atoms with Gasteiger partial charge in [-0.3, -0.25) is 14.6 Å². The Balaban J connectivity index is 1.36. The normalized spacial score (nSPS) is 18.8. The van der Waals surface area contributed by atoms with Crippen molar-refractivity contribution in [1.82, 2.24) is 29.9 Å². The van der Waals surface area contributed by atoms with Crippen LogP contribution in [0.2, 0.25) is 0 Å². The van der Waals surface area contributed by atoms with Crippen LogP contribution in [-0.4, -0.2) is 69.7 Å². The van der Waals surface area contributed by atoms with E-state index in [1.807, 2.05) is 40.0 Å². The lowest BCUT2D eigenvalue weighted by Gasteiger charge is -2.16. The molecule has 37 heavy (non-hydrogen) atoms. The number of nitrogens with one attached hydrogen (secondary N) is 1. The van der Waals surface area contributed by atoms with E-state index < -0.39 is 0 Å². The van der Waals surface area contributed by atoms with Gasteiger partial charge in [0, 0.05) is 43.6 Å². The number of hydrogen-bond acceptors (Lipinski definition) is 7. The second-order valence-corrected chi connectivity index (χ2v) is 9.53. The second-order valence-electron chi connectivity index (χ2n) is 9.53. The van der Waals surface area contributed by atoms with Gasteiger partial charge in [0.05, 0.1) is 36.9 Å². The molecule has 1 amide bonds. The van der Waals surface area contributed by atoms with Gasteiger partial charge in [-0.05, 0) is 30.4 Å². The van der Waals surface area contributed by atoms with Crippen molar-refractivity contribution in [2.45, 2.75) is 31.2 Å². The Morgan fingerprint density at radius 3 is 2.97 bits per heavy atom. The SMILES string of the molecule is COCC(=O)N1CCC(n2cc(-c3n[nH]c4cc(OC)c(-c5cccc6c5CCC6C#N)nc34)cn2)C1. The minimum Gasteiger partial charge on any atom is -0.494 e. The highest BCUT2D eigenvalue weighted by molar-refractivity contribution is 5.93. The maximum absolute atomic E-state index is 12.2. The van der Waals surface area contributed by atoms with Gasteiger partial charge in [-0.2, -0.15) is 15.5 Å². The van der Waals surface area contributed by atoms with Gasteiger partial charge in [-0.1, -0.05) is 18.2 Å². The van der Waals surface area contributed by atoms with Crippen LogP contribution in [-0.2, 0) is 16.0 Å². The average molecular weight is 498 g/mol. The summed E-state index contributed by atoms with van der Waals surface area (Å²) in [6, 6.07) is 10.5. The first-order chi connectivity index (χ1) is 18.1. The minimum absolute atomic E-state index is 0.00478. The number of carbonyl (C=O) groups is 1. The van der Waals surface area contributed by atoms with Gasteiger partial charge in [0.25, 0.3) is 0 Å². The van der Waals surface area contributed by atoms with E-state index in [0.29, 0.717) is 24.5 Å². The topological polar surface area (TPSA) is 122 Å². The molecule has 10 heteroatoms. The first-order valence-corrected chi connectivity index (χ1v) is 12.4. The van der Waals surface area contributed by atoms with Crippen LogP contribution >= 0.6 is 0 Å². The number of H-pyrrole nitrogens is 1. The highest BCUT2D eigenvalue weighted by atomic mass is 16.5. The van der Waals surface area contributed by atoms with Gasteiger partial charge in [0.1, 0.15) is 29.3 Å². The van der Waals surface area contributed by atoms with Crippen molar-refractivity contribution in [2.75, 3.05) is 33.9 Å². The number of carbonyl (C=O) groups excluding carboxylic acids is 1. The molecule has 0 radical (unpaired) electrons. The lowest BCUT2D eigenvalue weighted by atomic mass is 9.97. The van der Waals surface area contributed by atoms with Crippen molar-refractivity contribution in [1.29, 1.82) is 5.26 Å². The number of aromatic amines is 1. The van der Waals surface area contributed by atoms with Crippen LogP contribution in [0.1, 0.15) is 35.9 Å². The van der Waals surface area contributed by atoms with Crippen molar-refractivity contribution in [3.63, 3.8) is 0 Å². The van der Waals surface area contributed by atoms with Gasteiger partial charge >= 0.3 is 0 Å². The Kier molecular flexibility index (Phi) is 5.85. The smallest absolute Gasteiger partial charge is 0.248 e. The fourth-order valence-electron chi connectivity index (χ4n) is 5.55. The third kappa shape index (κ3) is 3.92. The third-order valence-electron chi connectivity index (χ3n) is 7.43. The number of methoxy groups -OCH3 is 2. The molecule has 1 aliphatic heterocycles. The number of fused-ring (bicyclic) bond motifs is 2. The Morgan fingerprint density at radius 2 is 2.16 bits per heavy atom. The minimum atomic E-state index is -0.0868. The van der Waals surface area contributed by atoms with Crippen LogP contribution in [0.5, 0.6) is 5.75 Å². The summed E-state index contributed by atoms with van der Waals surface area (Å²) in [7, 11) is 3.17. The summed E-state index contributed by atoms with van der Waals surface area (Å²) < 4.78 is 12.6. The lowest BCUT2D eigenvalue weighted by molar-refractivity contribution is -0.134. The monoisotopic (exact) mass is 497 g/mol. The van der Waals surface area contributed by atoms with Crippen LogP contribution in [0.25, 0.3) is 33.5 Å². The molecule has 1 fully saturated rings. The number of likely N-dealkylation sites (tertiary alicyclic amines) is 1. The maximum atomic E-state index is 12.2. The number of ether oxygens (including phenoxy) is 2. The molecule has 1 saturated heterocycles. The van der Waals surface area contributed by atoms with E-state index in [0.717, 1.165) is 58.2 Å². The van der Waals surface area contributed by atoms with Crippen molar-refractivity contribution in [2.24, 2.45) is 0 Å². The maximum Gasteiger partial charge on any atom is 0.248 e.